The smallest absolute Gasteiger partial charge is 0.335 e. The second-order valence-electron chi connectivity index (χ2n) is 4.44. The van der Waals surface area contributed by atoms with Gasteiger partial charge in [0, 0.05) is 10.0 Å². The van der Waals surface area contributed by atoms with E-state index in [4.69, 9.17) is 33.4 Å². The molecule has 0 saturated carbocycles. The van der Waals surface area contributed by atoms with Crippen LogP contribution in [0.5, 0.6) is 0 Å². The van der Waals surface area contributed by atoms with Crippen LogP contribution in [0.25, 0.3) is 0 Å². The van der Waals surface area contributed by atoms with Crippen LogP contribution in [0, 0.1) is 0 Å². The summed E-state index contributed by atoms with van der Waals surface area (Å²) in [4.78, 5) is 22.1. The van der Waals surface area contributed by atoms with Crippen LogP contribution in [-0.2, 0) is 6.42 Å². The maximum absolute atomic E-state index is 11.1. The SMILES string of the molecule is O=C(O)c1cc(Cc2cc(Cl)ccc2Cl)cc(C(=O)O)c1. The van der Waals surface area contributed by atoms with Crippen LogP contribution in [0.1, 0.15) is 31.8 Å². The van der Waals surface area contributed by atoms with Crippen LogP contribution in [0.3, 0.4) is 0 Å². The van der Waals surface area contributed by atoms with E-state index < -0.39 is 11.9 Å². The number of halogens is 2. The highest BCUT2D eigenvalue weighted by molar-refractivity contribution is 6.33. The highest BCUT2D eigenvalue weighted by Crippen LogP contribution is 2.24. The van der Waals surface area contributed by atoms with Gasteiger partial charge in [0.1, 0.15) is 0 Å². The predicted octanol–water partition coefficient (Wildman–Crippen LogP) is 3.98. The largest absolute Gasteiger partial charge is 0.478 e. The predicted molar refractivity (Wildman–Crippen MR) is 79.6 cm³/mol. The van der Waals surface area contributed by atoms with E-state index in [2.05, 4.69) is 0 Å². The first-order valence-electron chi connectivity index (χ1n) is 5.91. The quantitative estimate of drug-likeness (QED) is 0.891. The first-order chi connectivity index (χ1) is 9.86. The van der Waals surface area contributed by atoms with E-state index in [1.54, 1.807) is 18.2 Å². The van der Waals surface area contributed by atoms with Crippen molar-refractivity contribution in [3.05, 3.63) is 68.7 Å². The Morgan fingerprint density at radius 1 is 0.905 bits per heavy atom. The van der Waals surface area contributed by atoms with Crippen LogP contribution in [0.2, 0.25) is 10.0 Å². The van der Waals surface area contributed by atoms with Crippen molar-refractivity contribution in [2.75, 3.05) is 0 Å². The standard InChI is InChI=1S/C15H10Cl2O4/c16-12-1-2-13(17)9(7-12)3-8-4-10(14(18)19)6-11(5-8)15(20)21/h1-2,4-7H,3H2,(H,18,19)(H,20,21). The maximum atomic E-state index is 11.1. The average molecular weight is 325 g/mol. The fraction of sp³-hybridized carbons (Fsp3) is 0.0667. The van der Waals surface area contributed by atoms with E-state index in [0.717, 1.165) is 6.07 Å². The summed E-state index contributed by atoms with van der Waals surface area (Å²) in [6, 6.07) is 8.91. The molecule has 0 heterocycles. The Kier molecular flexibility index (Phi) is 4.50. The Balaban J connectivity index is 2.45. The molecule has 2 aromatic carbocycles. The van der Waals surface area contributed by atoms with Crippen LogP contribution in [-0.4, -0.2) is 22.2 Å². The van der Waals surface area contributed by atoms with Crippen LogP contribution < -0.4 is 0 Å². The van der Waals surface area contributed by atoms with Gasteiger partial charge >= 0.3 is 11.9 Å². The first-order valence-corrected chi connectivity index (χ1v) is 6.67. The summed E-state index contributed by atoms with van der Waals surface area (Å²) < 4.78 is 0. The summed E-state index contributed by atoms with van der Waals surface area (Å²) in [7, 11) is 0. The van der Waals surface area contributed by atoms with Crippen molar-refractivity contribution in [2.45, 2.75) is 6.42 Å². The molecule has 0 fully saturated rings. The molecule has 4 nitrogen and oxygen atoms in total. The molecule has 0 aliphatic carbocycles. The Hall–Kier alpha value is -2.04. The van der Waals surface area contributed by atoms with Gasteiger partial charge < -0.3 is 10.2 Å². The Labute approximate surface area is 130 Å². The van der Waals surface area contributed by atoms with Crippen molar-refractivity contribution in [3.63, 3.8) is 0 Å². The fourth-order valence-corrected chi connectivity index (χ4v) is 2.32. The van der Waals surface area contributed by atoms with Gasteiger partial charge in [0.05, 0.1) is 11.1 Å². The molecule has 0 aliphatic heterocycles. The van der Waals surface area contributed by atoms with Crippen molar-refractivity contribution >= 4 is 35.1 Å². The minimum absolute atomic E-state index is 0.0805. The highest BCUT2D eigenvalue weighted by atomic mass is 35.5. The number of carboxylic acids is 2. The fourth-order valence-electron chi connectivity index (χ4n) is 1.94. The molecule has 0 spiro atoms. The third kappa shape index (κ3) is 3.74. The summed E-state index contributed by atoms with van der Waals surface area (Å²) in [5.41, 5.74) is 1.07. The van der Waals surface area contributed by atoms with Gasteiger partial charge in [-0.3, -0.25) is 0 Å². The average Bonchev–Trinajstić information content (AvgIpc) is 2.42. The number of aromatic carboxylic acids is 2. The molecule has 6 heteroatoms. The normalized spacial score (nSPS) is 10.4. The molecule has 0 amide bonds. The topological polar surface area (TPSA) is 74.6 Å². The number of carbonyl (C=O) groups is 2. The second kappa shape index (κ2) is 6.16. The Bertz CT molecular complexity index is 693. The van der Waals surface area contributed by atoms with Crippen molar-refractivity contribution < 1.29 is 19.8 Å². The minimum atomic E-state index is -1.18. The Morgan fingerprint density at radius 3 is 2.00 bits per heavy atom. The molecule has 108 valence electrons. The summed E-state index contributed by atoms with van der Waals surface area (Å²) in [5.74, 6) is -2.37. The zero-order chi connectivity index (χ0) is 15.6. The number of benzene rings is 2. The van der Waals surface area contributed by atoms with Crippen molar-refractivity contribution in [1.82, 2.24) is 0 Å². The van der Waals surface area contributed by atoms with Gasteiger partial charge in [0.25, 0.3) is 0 Å². The third-order valence-corrected chi connectivity index (χ3v) is 3.49. The molecule has 0 radical (unpaired) electrons. The molecule has 2 aromatic rings. The van der Waals surface area contributed by atoms with Gasteiger partial charge in [-0.05, 0) is 53.9 Å². The zero-order valence-corrected chi connectivity index (χ0v) is 12.1. The number of rotatable bonds is 4. The van der Waals surface area contributed by atoms with E-state index in [9.17, 15) is 9.59 Å². The van der Waals surface area contributed by atoms with E-state index in [0.29, 0.717) is 27.6 Å². The molecule has 0 aromatic heterocycles. The third-order valence-electron chi connectivity index (χ3n) is 2.89. The molecule has 2 N–H and O–H groups in total. The number of carboxylic acid groups (broad SMARTS) is 2. The van der Waals surface area contributed by atoms with Gasteiger partial charge in [0.15, 0.2) is 0 Å². The van der Waals surface area contributed by atoms with Gasteiger partial charge in [-0.25, -0.2) is 9.59 Å². The molecule has 2 rings (SSSR count). The van der Waals surface area contributed by atoms with Gasteiger partial charge in [0.2, 0.25) is 0 Å². The van der Waals surface area contributed by atoms with Gasteiger partial charge in [-0.2, -0.15) is 0 Å². The second-order valence-corrected chi connectivity index (χ2v) is 5.29. The van der Waals surface area contributed by atoms with Crippen molar-refractivity contribution in [2.24, 2.45) is 0 Å². The van der Waals surface area contributed by atoms with Crippen molar-refractivity contribution in [3.8, 4) is 0 Å². The molecule has 21 heavy (non-hydrogen) atoms. The summed E-state index contributed by atoms with van der Waals surface area (Å²) in [6.07, 6.45) is 0.292. The summed E-state index contributed by atoms with van der Waals surface area (Å²) >= 11 is 12.0. The summed E-state index contributed by atoms with van der Waals surface area (Å²) in [6.45, 7) is 0. The molecule has 0 unspecified atom stereocenters. The van der Waals surface area contributed by atoms with E-state index in [1.807, 2.05) is 0 Å². The highest BCUT2D eigenvalue weighted by Gasteiger charge is 2.12. The molecule has 0 atom stereocenters. The lowest BCUT2D eigenvalue weighted by Crippen LogP contribution is -2.04. The molecule has 0 saturated heterocycles. The van der Waals surface area contributed by atoms with E-state index in [-0.39, 0.29) is 11.1 Å². The molecule has 0 bridgehead atoms. The molecular formula is C15H10Cl2O4. The van der Waals surface area contributed by atoms with Crippen LogP contribution >= 0.6 is 23.2 Å². The van der Waals surface area contributed by atoms with Gasteiger partial charge in [-0.1, -0.05) is 23.2 Å². The Morgan fingerprint density at radius 2 is 1.48 bits per heavy atom. The van der Waals surface area contributed by atoms with Crippen LogP contribution in [0.4, 0.5) is 0 Å². The van der Waals surface area contributed by atoms with Crippen molar-refractivity contribution in [1.29, 1.82) is 0 Å². The minimum Gasteiger partial charge on any atom is -0.478 e. The van der Waals surface area contributed by atoms with Gasteiger partial charge in [-0.15, -0.1) is 0 Å². The number of hydrogen-bond donors (Lipinski definition) is 2. The lowest BCUT2D eigenvalue weighted by atomic mass is 9.99. The molecular weight excluding hydrogens is 315 g/mol. The monoisotopic (exact) mass is 324 g/mol. The summed E-state index contributed by atoms with van der Waals surface area (Å²) in [5, 5.41) is 19.1. The first kappa shape index (κ1) is 15.4. The molecule has 0 aliphatic rings. The van der Waals surface area contributed by atoms with E-state index in [1.165, 1.54) is 12.1 Å². The maximum Gasteiger partial charge on any atom is 0.335 e. The lowest BCUT2D eigenvalue weighted by Gasteiger charge is -2.08. The zero-order valence-electron chi connectivity index (χ0n) is 10.6. The number of hydrogen-bond acceptors (Lipinski definition) is 2. The lowest BCUT2D eigenvalue weighted by molar-refractivity contribution is 0.0696. The van der Waals surface area contributed by atoms with Crippen LogP contribution in [0.15, 0.2) is 36.4 Å². The van der Waals surface area contributed by atoms with E-state index >= 15 is 0 Å².